The molecule has 0 spiro atoms. The van der Waals surface area contributed by atoms with Crippen molar-refractivity contribution in [2.24, 2.45) is 0 Å². The van der Waals surface area contributed by atoms with Gasteiger partial charge in [0.2, 0.25) is 0 Å². The molecule has 0 radical (unpaired) electrons. The van der Waals surface area contributed by atoms with Gasteiger partial charge in [-0.2, -0.15) is 0 Å². The Morgan fingerprint density at radius 3 is 2.88 bits per heavy atom. The van der Waals surface area contributed by atoms with Crippen LogP contribution in [0.4, 0.5) is 17.2 Å². The monoisotopic (exact) mass is 277 g/mol. The number of aromatic nitrogens is 1. The first kappa shape index (κ1) is 11.0. The minimum absolute atomic E-state index is 0.730. The Kier molecular flexibility index (Phi) is 3.10. The number of nitrogens with zero attached hydrogens (tertiary/aromatic N) is 1. The Bertz CT molecular complexity index is 511. The van der Waals surface area contributed by atoms with Gasteiger partial charge in [-0.05, 0) is 52.7 Å². The first-order valence-corrected chi connectivity index (χ1v) is 5.70. The Hall–Kier alpha value is -1.55. The number of nitrogens with one attached hydrogen (secondary N) is 1. The fourth-order valence-electron chi connectivity index (χ4n) is 1.38. The van der Waals surface area contributed by atoms with Crippen molar-refractivity contribution < 1.29 is 0 Å². The normalized spacial score (nSPS) is 10.1. The first-order valence-electron chi connectivity index (χ1n) is 4.90. The van der Waals surface area contributed by atoms with Crippen LogP contribution in [-0.4, -0.2) is 4.98 Å². The zero-order valence-electron chi connectivity index (χ0n) is 8.87. The molecule has 0 atom stereocenters. The highest BCUT2D eigenvalue weighted by molar-refractivity contribution is 9.10. The zero-order valence-corrected chi connectivity index (χ0v) is 10.5. The Labute approximate surface area is 103 Å². The molecule has 1 aromatic carbocycles. The third-order valence-corrected chi connectivity index (χ3v) is 3.23. The number of halogens is 1. The lowest BCUT2D eigenvalue weighted by atomic mass is 10.2. The van der Waals surface area contributed by atoms with Gasteiger partial charge in [-0.1, -0.05) is 6.07 Å². The number of nitrogen functional groups attached to an aromatic ring is 1. The number of hydrogen-bond acceptors (Lipinski definition) is 3. The van der Waals surface area contributed by atoms with Gasteiger partial charge in [0.15, 0.2) is 0 Å². The van der Waals surface area contributed by atoms with E-state index in [0.29, 0.717) is 0 Å². The number of hydrogen-bond donors (Lipinski definition) is 2. The molecule has 0 saturated carbocycles. The average molecular weight is 278 g/mol. The summed E-state index contributed by atoms with van der Waals surface area (Å²) in [6, 6.07) is 9.53. The van der Waals surface area contributed by atoms with Crippen molar-refractivity contribution in [2.75, 3.05) is 11.1 Å². The number of anilines is 3. The van der Waals surface area contributed by atoms with Gasteiger partial charge in [0.1, 0.15) is 5.82 Å². The van der Waals surface area contributed by atoms with Crippen molar-refractivity contribution in [3.63, 3.8) is 0 Å². The number of nitrogens with two attached hydrogens (primary N) is 1. The largest absolute Gasteiger partial charge is 0.399 e. The molecular weight excluding hydrogens is 266 g/mol. The lowest BCUT2D eigenvalue weighted by Gasteiger charge is -2.09. The van der Waals surface area contributed by atoms with Gasteiger partial charge in [0, 0.05) is 17.6 Å². The number of aryl methyl sites for hydroxylation is 1. The summed E-state index contributed by atoms with van der Waals surface area (Å²) in [5.41, 5.74) is 8.51. The summed E-state index contributed by atoms with van der Waals surface area (Å²) in [6.45, 7) is 2.02. The van der Waals surface area contributed by atoms with Crippen molar-refractivity contribution >= 4 is 33.1 Å². The summed E-state index contributed by atoms with van der Waals surface area (Å²) in [4.78, 5) is 4.27. The van der Waals surface area contributed by atoms with Gasteiger partial charge in [-0.15, -0.1) is 0 Å². The number of rotatable bonds is 2. The molecule has 82 valence electrons. The van der Waals surface area contributed by atoms with Crippen molar-refractivity contribution in [1.29, 1.82) is 0 Å². The van der Waals surface area contributed by atoms with E-state index < -0.39 is 0 Å². The van der Waals surface area contributed by atoms with Crippen molar-refractivity contribution in [1.82, 2.24) is 4.98 Å². The first-order chi connectivity index (χ1) is 7.66. The van der Waals surface area contributed by atoms with Crippen LogP contribution in [0.25, 0.3) is 0 Å². The van der Waals surface area contributed by atoms with Gasteiger partial charge in [0.05, 0.1) is 4.47 Å². The van der Waals surface area contributed by atoms with Crippen LogP contribution < -0.4 is 11.1 Å². The highest BCUT2D eigenvalue weighted by Crippen LogP contribution is 2.26. The molecule has 1 aromatic heterocycles. The van der Waals surface area contributed by atoms with E-state index >= 15 is 0 Å². The Balaban J connectivity index is 2.31. The molecule has 0 bridgehead atoms. The standard InChI is InChI=1S/C12H12BrN3/c1-8-5-6-15-12(11(8)13)16-10-4-2-3-9(14)7-10/h2-7H,14H2,1H3,(H,15,16). The molecule has 2 aromatic rings. The van der Waals surface area contributed by atoms with Gasteiger partial charge < -0.3 is 11.1 Å². The fourth-order valence-corrected chi connectivity index (χ4v) is 1.71. The van der Waals surface area contributed by atoms with E-state index in [1.807, 2.05) is 37.3 Å². The topological polar surface area (TPSA) is 50.9 Å². The molecule has 0 fully saturated rings. The van der Waals surface area contributed by atoms with E-state index in [-0.39, 0.29) is 0 Å². The summed E-state index contributed by atoms with van der Waals surface area (Å²) in [5, 5.41) is 3.22. The molecule has 4 heteroatoms. The van der Waals surface area contributed by atoms with Crippen LogP contribution in [0.3, 0.4) is 0 Å². The summed E-state index contributed by atoms with van der Waals surface area (Å²) in [5.74, 6) is 0.797. The second kappa shape index (κ2) is 4.53. The van der Waals surface area contributed by atoms with Crippen LogP contribution in [0.2, 0.25) is 0 Å². The van der Waals surface area contributed by atoms with Crippen molar-refractivity contribution in [3.05, 3.63) is 46.6 Å². The summed E-state index contributed by atoms with van der Waals surface area (Å²) in [7, 11) is 0. The second-order valence-corrected chi connectivity index (χ2v) is 4.33. The van der Waals surface area contributed by atoms with Crippen LogP contribution >= 0.6 is 15.9 Å². The second-order valence-electron chi connectivity index (χ2n) is 3.54. The highest BCUT2D eigenvalue weighted by Gasteiger charge is 2.03. The minimum atomic E-state index is 0.730. The molecular formula is C12H12BrN3. The molecule has 0 unspecified atom stereocenters. The van der Waals surface area contributed by atoms with Crippen LogP contribution in [0.5, 0.6) is 0 Å². The summed E-state index contributed by atoms with van der Waals surface area (Å²) < 4.78 is 0.970. The van der Waals surface area contributed by atoms with E-state index in [1.165, 1.54) is 0 Å². The molecule has 16 heavy (non-hydrogen) atoms. The predicted molar refractivity (Wildman–Crippen MR) is 70.8 cm³/mol. The maximum absolute atomic E-state index is 5.71. The van der Waals surface area contributed by atoms with Gasteiger partial charge in [-0.3, -0.25) is 0 Å². The lowest BCUT2D eigenvalue weighted by Crippen LogP contribution is -1.96. The van der Waals surface area contributed by atoms with Gasteiger partial charge in [0.25, 0.3) is 0 Å². The summed E-state index contributed by atoms with van der Waals surface area (Å²) >= 11 is 3.50. The number of benzene rings is 1. The number of pyridine rings is 1. The van der Waals surface area contributed by atoms with Crippen molar-refractivity contribution in [3.8, 4) is 0 Å². The van der Waals surface area contributed by atoms with Gasteiger partial charge in [-0.25, -0.2) is 4.98 Å². The van der Waals surface area contributed by atoms with Crippen molar-refractivity contribution in [2.45, 2.75) is 6.92 Å². The molecule has 0 aliphatic rings. The quantitative estimate of drug-likeness (QED) is 0.827. The predicted octanol–water partition coefficient (Wildman–Crippen LogP) is 3.48. The molecule has 0 saturated heterocycles. The lowest BCUT2D eigenvalue weighted by molar-refractivity contribution is 1.25. The fraction of sp³-hybridized carbons (Fsp3) is 0.0833. The Morgan fingerprint density at radius 1 is 1.31 bits per heavy atom. The van der Waals surface area contributed by atoms with E-state index in [2.05, 4.69) is 26.2 Å². The average Bonchev–Trinajstić information content (AvgIpc) is 2.25. The SMILES string of the molecule is Cc1ccnc(Nc2cccc(N)c2)c1Br. The summed E-state index contributed by atoms with van der Waals surface area (Å²) in [6.07, 6.45) is 1.77. The van der Waals surface area contributed by atoms with E-state index in [0.717, 1.165) is 27.2 Å². The maximum atomic E-state index is 5.71. The third-order valence-electron chi connectivity index (χ3n) is 2.23. The third kappa shape index (κ3) is 2.33. The van der Waals surface area contributed by atoms with Crippen LogP contribution in [-0.2, 0) is 0 Å². The molecule has 3 N–H and O–H groups in total. The molecule has 2 rings (SSSR count). The van der Waals surface area contributed by atoms with Crippen LogP contribution in [0.15, 0.2) is 41.0 Å². The molecule has 0 amide bonds. The van der Waals surface area contributed by atoms with Crippen LogP contribution in [0.1, 0.15) is 5.56 Å². The Morgan fingerprint density at radius 2 is 2.12 bits per heavy atom. The van der Waals surface area contributed by atoms with E-state index in [1.54, 1.807) is 6.20 Å². The molecule has 1 heterocycles. The van der Waals surface area contributed by atoms with Crippen LogP contribution in [0, 0.1) is 6.92 Å². The molecule has 0 aliphatic heterocycles. The maximum Gasteiger partial charge on any atom is 0.144 e. The van der Waals surface area contributed by atoms with E-state index in [4.69, 9.17) is 5.73 Å². The van der Waals surface area contributed by atoms with Gasteiger partial charge >= 0.3 is 0 Å². The van der Waals surface area contributed by atoms with E-state index in [9.17, 15) is 0 Å². The molecule has 3 nitrogen and oxygen atoms in total. The highest BCUT2D eigenvalue weighted by atomic mass is 79.9. The minimum Gasteiger partial charge on any atom is -0.399 e. The molecule has 0 aliphatic carbocycles. The smallest absolute Gasteiger partial charge is 0.144 e. The zero-order chi connectivity index (χ0) is 11.5.